The van der Waals surface area contributed by atoms with Crippen molar-refractivity contribution >= 4 is 11.8 Å². The molecule has 5 aliphatic rings. The van der Waals surface area contributed by atoms with E-state index in [1.165, 1.54) is 51.4 Å². The van der Waals surface area contributed by atoms with Crippen molar-refractivity contribution in [2.75, 3.05) is 18.6 Å². The molecular formula is C21H35N3OS. The van der Waals surface area contributed by atoms with Gasteiger partial charge in [0.2, 0.25) is 0 Å². The number of hydrogen-bond donors (Lipinski definition) is 1. The average molecular weight is 378 g/mol. The molecule has 26 heavy (non-hydrogen) atoms. The molecule has 0 aromatic carbocycles. The first-order valence-corrected chi connectivity index (χ1v) is 12.0. The molecule has 5 aliphatic carbocycles. The van der Waals surface area contributed by atoms with Crippen molar-refractivity contribution in [1.29, 1.82) is 0 Å². The summed E-state index contributed by atoms with van der Waals surface area (Å²) in [5.74, 6) is 3.63. The summed E-state index contributed by atoms with van der Waals surface area (Å²) in [6.07, 6.45) is 12.1. The van der Waals surface area contributed by atoms with E-state index in [2.05, 4.69) is 30.1 Å². The fraction of sp³-hybridized carbons (Fsp3) is 1.00. The summed E-state index contributed by atoms with van der Waals surface area (Å²) in [7, 11) is 0. The first kappa shape index (κ1) is 19.0. The van der Waals surface area contributed by atoms with Gasteiger partial charge in [-0.15, -0.1) is 0 Å². The molecule has 0 radical (unpaired) electrons. The molecule has 5 saturated carbocycles. The highest BCUT2D eigenvalue weighted by Crippen LogP contribution is 2.72. The zero-order valence-electron chi connectivity index (χ0n) is 16.7. The van der Waals surface area contributed by atoms with Crippen molar-refractivity contribution in [1.82, 2.24) is 0 Å². The molecule has 0 unspecified atom stereocenters. The van der Waals surface area contributed by atoms with E-state index in [0.29, 0.717) is 35.6 Å². The molecule has 5 heteroatoms. The van der Waals surface area contributed by atoms with Crippen LogP contribution < -0.4 is 0 Å². The Morgan fingerprint density at radius 3 is 2.65 bits per heavy atom. The minimum absolute atomic E-state index is 0.101. The molecule has 5 rings (SSSR count). The van der Waals surface area contributed by atoms with Crippen LogP contribution >= 0.6 is 11.8 Å². The lowest BCUT2D eigenvalue weighted by molar-refractivity contribution is -0.239. The van der Waals surface area contributed by atoms with Crippen LogP contribution in [0, 0.1) is 39.9 Å². The summed E-state index contributed by atoms with van der Waals surface area (Å²) >= 11 is 1.91. The SMILES string of the molecule is CSC[C@H]1[C@H]2CC[C@@]3(CC[C@@H]4[C@](C)(CN=[N+]=[N-])CCC[C@@]4(C)[C@@H]3C2)[C@@H]1O. The number of fused-ring (bicyclic) bond motifs is 3. The normalized spacial score (nSPS) is 52.7. The van der Waals surface area contributed by atoms with Crippen molar-refractivity contribution in [3.8, 4) is 0 Å². The fourth-order valence-electron chi connectivity index (χ4n) is 8.41. The Bertz CT molecular complexity index is 608. The van der Waals surface area contributed by atoms with Gasteiger partial charge in [0.15, 0.2) is 0 Å². The molecule has 8 atom stereocenters. The van der Waals surface area contributed by atoms with Crippen molar-refractivity contribution in [2.45, 2.75) is 71.3 Å². The molecule has 146 valence electrons. The molecule has 2 bridgehead atoms. The molecular weight excluding hydrogens is 342 g/mol. The lowest BCUT2D eigenvalue weighted by Gasteiger charge is -2.70. The third-order valence-electron chi connectivity index (χ3n) is 9.46. The van der Waals surface area contributed by atoms with E-state index in [-0.39, 0.29) is 16.9 Å². The number of aliphatic hydroxyl groups is 1. The third-order valence-corrected chi connectivity index (χ3v) is 10.2. The molecule has 1 N–H and O–H groups in total. The van der Waals surface area contributed by atoms with E-state index in [1.807, 2.05) is 11.8 Å². The lowest BCUT2D eigenvalue weighted by Crippen LogP contribution is -2.66. The van der Waals surface area contributed by atoms with Gasteiger partial charge in [-0.25, -0.2) is 0 Å². The molecule has 0 aromatic rings. The monoisotopic (exact) mass is 377 g/mol. The van der Waals surface area contributed by atoms with Gasteiger partial charge in [-0.1, -0.05) is 25.4 Å². The van der Waals surface area contributed by atoms with Crippen molar-refractivity contribution in [3.05, 3.63) is 10.4 Å². The second-order valence-corrected chi connectivity index (χ2v) is 11.3. The first-order chi connectivity index (χ1) is 12.4. The number of hydrogen-bond acceptors (Lipinski definition) is 3. The quantitative estimate of drug-likeness (QED) is 0.390. The maximum atomic E-state index is 11.5. The summed E-state index contributed by atoms with van der Waals surface area (Å²) in [5, 5.41) is 15.5. The van der Waals surface area contributed by atoms with Gasteiger partial charge in [0, 0.05) is 11.5 Å². The Balaban J connectivity index is 1.68. The Morgan fingerprint density at radius 2 is 1.92 bits per heavy atom. The lowest BCUT2D eigenvalue weighted by atomic mass is 9.35. The van der Waals surface area contributed by atoms with E-state index in [1.54, 1.807) is 0 Å². The first-order valence-electron chi connectivity index (χ1n) is 10.6. The van der Waals surface area contributed by atoms with Crippen LogP contribution in [0.15, 0.2) is 5.11 Å². The molecule has 1 spiro atoms. The van der Waals surface area contributed by atoms with Gasteiger partial charge in [-0.3, -0.25) is 0 Å². The third kappa shape index (κ3) is 2.49. The molecule has 5 fully saturated rings. The number of azide groups is 1. The number of nitrogens with zero attached hydrogens (tertiary/aromatic N) is 3. The highest BCUT2D eigenvalue weighted by Gasteiger charge is 2.67. The summed E-state index contributed by atoms with van der Waals surface area (Å²) < 4.78 is 0. The van der Waals surface area contributed by atoms with Gasteiger partial charge >= 0.3 is 0 Å². The van der Waals surface area contributed by atoms with E-state index >= 15 is 0 Å². The second kappa shape index (κ2) is 6.60. The topological polar surface area (TPSA) is 69.0 Å². The standard InChI is InChI=1S/C21H35N3OS/c1-19(13-23-24-22)7-4-8-20(2)16(19)6-10-21-9-5-14(11-17(20)21)15(12-26-3)18(21)25/h14-18,25H,4-13H2,1-3H3/t14-,15-,16+,17-,18+,19-,20+,21-/m0/s1. The zero-order chi connectivity index (χ0) is 18.6. The van der Waals surface area contributed by atoms with Crippen LogP contribution in [-0.2, 0) is 0 Å². The number of thioether (sulfide) groups is 1. The van der Waals surface area contributed by atoms with Gasteiger partial charge in [0.25, 0.3) is 0 Å². The predicted molar refractivity (Wildman–Crippen MR) is 108 cm³/mol. The van der Waals surface area contributed by atoms with Gasteiger partial charge in [0.05, 0.1) is 6.10 Å². The Morgan fingerprint density at radius 1 is 1.15 bits per heavy atom. The maximum absolute atomic E-state index is 11.5. The maximum Gasteiger partial charge on any atom is 0.0637 e. The van der Waals surface area contributed by atoms with Crippen LogP contribution in [0.2, 0.25) is 0 Å². The Labute approximate surface area is 162 Å². The minimum atomic E-state index is -0.101. The highest BCUT2D eigenvalue weighted by atomic mass is 32.2. The largest absolute Gasteiger partial charge is 0.392 e. The van der Waals surface area contributed by atoms with Crippen LogP contribution in [0.1, 0.15) is 65.2 Å². The van der Waals surface area contributed by atoms with Crippen LogP contribution in [-0.4, -0.2) is 29.8 Å². The average Bonchev–Trinajstić information content (AvgIpc) is 2.63. The van der Waals surface area contributed by atoms with Crippen LogP contribution in [0.3, 0.4) is 0 Å². The van der Waals surface area contributed by atoms with E-state index in [9.17, 15) is 5.11 Å². The molecule has 0 aromatic heterocycles. The zero-order valence-corrected chi connectivity index (χ0v) is 17.5. The van der Waals surface area contributed by atoms with Crippen LogP contribution in [0.5, 0.6) is 0 Å². The van der Waals surface area contributed by atoms with Crippen LogP contribution in [0.4, 0.5) is 0 Å². The molecule has 0 amide bonds. The van der Waals surface area contributed by atoms with Gasteiger partial charge in [-0.05, 0) is 102 Å². The Kier molecular flexibility index (Phi) is 4.81. The molecule has 0 heterocycles. The van der Waals surface area contributed by atoms with Crippen molar-refractivity contribution in [3.63, 3.8) is 0 Å². The minimum Gasteiger partial charge on any atom is -0.392 e. The van der Waals surface area contributed by atoms with E-state index in [0.717, 1.165) is 5.75 Å². The van der Waals surface area contributed by atoms with Gasteiger partial charge in [-0.2, -0.15) is 11.8 Å². The summed E-state index contributed by atoms with van der Waals surface area (Å²) in [6.45, 7) is 5.55. The number of aliphatic hydroxyl groups excluding tert-OH is 1. The van der Waals surface area contributed by atoms with E-state index < -0.39 is 0 Å². The summed E-state index contributed by atoms with van der Waals surface area (Å²) in [5.41, 5.74) is 9.49. The smallest absolute Gasteiger partial charge is 0.0637 e. The van der Waals surface area contributed by atoms with Crippen molar-refractivity contribution < 1.29 is 5.11 Å². The predicted octanol–water partition coefficient (Wildman–Crippen LogP) is 5.66. The van der Waals surface area contributed by atoms with Gasteiger partial charge in [0.1, 0.15) is 0 Å². The summed E-state index contributed by atoms with van der Waals surface area (Å²) in [6, 6.07) is 0. The molecule has 0 saturated heterocycles. The number of rotatable bonds is 4. The second-order valence-electron chi connectivity index (χ2n) is 10.4. The summed E-state index contributed by atoms with van der Waals surface area (Å²) in [4.78, 5) is 3.08. The van der Waals surface area contributed by atoms with Crippen molar-refractivity contribution in [2.24, 2.45) is 45.0 Å². The van der Waals surface area contributed by atoms with Gasteiger partial charge < -0.3 is 5.11 Å². The fourth-order valence-corrected chi connectivity index (χ4v) is 9.25. The molecule has 0 aliphatic heterocycles. The highest BCUT2D eigenvalue weighted by molar-refractivity contribution is 7.98. The van der Waals surface area contributed by atoms with Crippen LogP contribution in [0.25, 0.3) is 10.4 Å². The molecule has 4 nitrogen and oxygen atoms in total. The Hall–Kier alpha value is -0.380. The van der Waals surface area contributed by atoms with E-state index in [4.69, 9.17) is 5.53 Å².